The molecule has 1 amide bonds. The summed E-state index contributed by atoms with van der Waals surface area (Å²) in [7, 11) is 3.92. The van der Waals surface area contributed by atoms with Crippen molar-refractivity contribution in [1.82, 2.24) is 25.1 Å². The summed E-state index contributed by atoms with van der Waals surface area (Å²) >= 11 is 0. The number of hydrogen-bond donors (Lipinski definition) is 1. The molecule has 3 heterocycles. The molecule has 25 heavy (non-hydrogen) atoms. The largest absolute Gasteiger partial charge is 0.363 e. The summed E-state index contributed by atoms with van der Waals surface area (Å²) in [5.74, 6) is 1.71. The summed E-state index contributed by atoms with van der Waals surface area (Å²) in [5, 5.41) is 7.30. The highest BCUT2D eigenvalue weighted by Gasteiger charge is 2.24. The van der Waals surface area contributed by atoms with Gasteiger partial charge in [-0.25, -0.2) is 9.97 Å². The van der Waals surface area contributed by atoms with Crippen LogP contribution in [0.25, 0.3) is 0 Å². The Labute approximate surface area is 147 Å². The predicted molar refractivity (Wildman–Crippen MR) is 97.0 cm³/mol. The van der Waals surface area contributed by atoms with Crippen LogP contribution in [0.4, 0.5) is 11.6 Å². The summed E-state index contributed by atoms with van der Waals surface area (Å²) in [5.41, 5.74) is 0.608. The van der Waals surface area contributed by atoms with Crippen molar-refractivity contribution in [2.24, 2.45) is 0 Å². The van der Waals surface area contributed by atoms with E-state index in [1.165, 1.54) is 0 Å². The Bertz CT molecular complexity index is 727. The molecule has 0 saturated carbocycles. The number of hydrogen-bond acceptors (Lipinski definition) is 6. The molecule has 2 aromatic rings. The molecule has 0 aliphatic carbocycles. The van der Waals surface area contributed by atoms with Crippen molar-refractivity contribution in [3.63, 3.8) is 0 Å². The number of rotatable bonds is 5. The number of carbonyl (C=O) groups excluding carboxylic acids is 1. The van der Waals surface area contributed by atoms with Gasteiger partial charge in [-0.05, 0) is 25.8 Å². The molecule has 8 nitrogen and oxygen atoms in total. The van der Waals surface area contributed by atoms with E-state index in [1.807, 2.05) is 32.0 Å². The van der Waals surface area contributed by atoms with Crippen molar-refractivity contribution in [3.8, 4) is 0 Å². The van der Waals surface area contributed by atoms with E-state index in [1.54, 1.807) is 23.3 Å². The first-order chi connectivity index (χ1) is 12.1. The summed E-state index contributed by atoms with van der Waals surface area (Å²) in [6.07, 6.45) is 5.23. The van der Waals surface area contributed by atoms with E-state index in [-0.39, 0.29) is 11.9 Å². The number of nitrogens with one attached hydrogen (secondary N) is 1. The highest BCUT2D eigenvalue weighted by atomic mass is 16.2. The smallest absolute Gasteiger partial charge is 0.269 e. The zero-order valence-corrected chi connectivity index (χ0v) is 15.0. The maximum Gasteiger partial charge on any atom is 0.269 e. The number of anilines is 2. The topological polar surface area (TPSA) is 79.2 Å². The minimum absolute atomic E-state index is 0.0668. The average molecular weight is 343 g/mol. The van der Waals surface area contributed by atoms with Crippen LogP contribution >= 0.6 is 0 Å². The molecule has 0 radical (unpaired) electrons. The van der Waals surface area contributed by atoms with E-state index in [9.17, 15) is 4.79 Å². The summed E-state index contributed by atoms with van der Waals surface area (Å²) < 4.78 is 1.71. The van der Waals surface area contributed by atoms with Gasteiger partial charge in [0.1, 0.15) is 23.7 Å². The molecule has 1 N–H and O–H groups in total. The maximum atomic E-state index is 12.5. The number of nitrogens with zero attached hydrogens (tertiary/aromatic N) is 6. The van der Waals surface area contributed by atoms with Gasteiger partial charge in [-0.2, -0.15) is 5.10 Å². The van der Waals surface area contributed by atoms with E-state index in [0.717, 1.165) is 37.6 Å². The number of carbonyl (C=O) groups is 1. The van der Waals surface area contributed by atoms with Crippen molar-refractivity contribution in [3.05, 3.63) is 30.4 Å². The van der Waals surface area contributed by atoms with Gasteiger partial charge in [0.05, 0.1) is 0 Å². The van der Waals surface area contributed by atoms with Gasteiger partial charge in [0.25, 0.3) is 5.91 Å². The third-order valence-electron chi connectivity index (χ3n) is 4.43. The molecule has 1 aliphatic rings. The van der Waals surface area contributed by atoms with Crippen molar-refractivity contribution in [1.29, 1.82) is 0 Å². The molecule has 0 spiro atoms. The Morgan fingerprint density at radius 1 is 1.40 bits per heavy atom. The molecule has 1 atom stereocenters. The quantitative estimate of drug-likeness (QED) is 0.878. The predicted octanol–water partition coefficient (Wildman–Crippen LogP) is 1.16. The molecule has 2 aromatic heterocycles. The molecule has 3 rings (SSSR count). The fourth-order valence-corrected chi connectivity index (χ4v) is 3.09. The lowest BCUT2D eigenvalue weighted by Gasteiger charge is -2.34. The third-order valence-corrected chi connectivity index (χ3v) is 4.43. The summed E-state index contributed by atoms with van der Waals surface area (Å²) in [6.45, 7) is 4.34. The minimum Gasteiger partial charge on any atom is -0.363 e. The zero-order valence-electron chi connectivity index (χ0n) is 15.0. The van der Waals surface area contributed by atoms with E-state index >= 15 is 0 Å². The molecule has 0 unspecified atom stereocenters. The number of piperidine rings is 1. The fraction of sp³-hybridized carbons (Fsp3) is 0.529. The molecule has 1 fully saturated rings. The Balaban J connectivity index is 1.67. The van der Waals surface area contributed by atoms with Gasteiger partial charge in [-0.15, -0.1) is 0 Å². The lowest BCUT2D eigenvalue weighted by molar-refractivity contribution is 0.0922. The van der Waals surface area contributed by atoms with Gasteiger partial charge in [-0.1, -0.05) is 0 Å². The first-order valence-corrected chi connectivity index (χ1v) is 8.65. The van der Waals surface area contributed by atoms with E-state index < -0.39 is 0 Å². The molecule has 0 bridgehead atoms. The maximum absolute atomic E-state index is 12.5. The molecular weight excluding hydrogens is 318 g/mol. The molecule has 1 saturated heterocycles. The summed E-state index contributed by atoms with van der Waals surface area (Å²) in [6, 6.07) is 3.84. The lowest BCUT2D eigenvalue weighted by Crippen LogP contribution is -2.48. The monoisotopic (exact) mass is 343 g/mol. The van der Waals surface area contributed by atoms with Crippen LogP contribution in [0.1, 0.15) is 30.3 Å². The highest BCUT2D eigenvalue weighted by molar-refractivity contribution is 5.92. The molecule has 0 aromatic carbocycles. The van der Waals surface area contributed by atoms with Crippen molar-refractivity contribution >= 4 is 17.5 Å². The van der Waals surface area contributed by atoms with Gasteiger partial charge >= 0.3 is 0 Å². The van der Waals surface area contributed by atoms with E-state index in [4.69, 9.17) is 0 Å². The van der Waals surface area contributed by atoms with Gasteiger partial charge < -0.3 is 15.1 Å². The van der Waals surface area contributed by atoms with Crippen molar-refractivity contribution < 1.29 is 4.79 Å². The van der Waals surface area contributed by atoms with Crippen LogP contribution in [0, 0.1) is 0 Å². The van der Waals surface area contributed by atoms with Crippen LogP contribution < -0.4 is 15.1 Å². The third kappa shape index (κ3) is 3.89. The first kappa shape index (κ1) is 17.2. The number of amides is 1. The standard InChI is InChI=1S/C17H25N7O/c1-4-24-14(7-8-20-24)17(25)21-13-6-5-9-23(11-13)16-10-15(22(2)3)18-12-19-16/h7-8,10,12-13H,4-6,9,11H2,1-3H3,(H,21,25)/t13-/m1/s1. The Kier molecular flexibility index (Phi) is 5.16. The van der Waals surface area contributed by atoms with Crippen LogP contribution in [0.15, 0.2) is 24.7 Å². The Morgan fingerprint density at radius 2 is 2.24 bits per heavy atom. The number of aromatic nitrogens is 4. The van der Waals surface area contributed by atoms with Gasteiger partial charge in [0.15, 0.2) is 0 Å². The molecule has 134 valence electrons. The SMILES string of the molecule is CCn1nccc1C(=O)N[C@@H]1CCCN(c2cc(N(C)C)ncn2)C1. The Hall–Kier alpha value is -2.64. The second-order valence-electron chi connectivity index (χ2n) is 6.42. The normalized spacial score (nSPS) is 17.4. The van der Waals surface area contributed by atoms with Crippen molar-refractivity contribution in [2.45, 2.75) is 32.4 Å². The fourth-order valence-electron chi connectivity index (χ4n) is 3.09. The van der Waals surface area contributed by atoms with Crippen LogP contribution in [0.5, 0.6) is 0 Å². The van der Waals surface area contributed by atoms with Crippen LogP contribution in [-0.2, 0) is 6.54 Å². The zero-order chi connectivity index (χ0) is 17.8. The van der Waals surface area contributed by atoms with Gasteiger partial charge in [0, 0.05) is 52.0 Å². The van der Waals surface area contributed by atoms with Crippen LogP contribution in [0.3, 0.4) is 0 Å². The Morgan fingerprint density at radius 3 is 3.00 bits per heavy atom. The number of aryl methyl sites for hydroxylation is 1. The van der Waals surface area contributed by atoms with Crippen LogP contribution in [-0.4, -0.2) is 58.9 Å². The van der Waals surface area contributed by atoms with Crippen LogP contribution in [0.2, 0.25) is 0 Å². The molecule has 8 heteroatoms. The molecule has 1 aliphatic heterocycles. The summed E-state index contributed by atoms with van der Waals surface area (Å²) in [4.78, 5) is 25.3. The second-order valence-corrected chi connectivity index (χ2v) is 6.42. The lowest BCUT2D eigenvalue weighted by atomic mass is 10.1. The average Bonchev–Trinajstić information content (AvgIpc) is 3.11. The highest BCUT2D eigenvalue weighted by Crippen LogP contribution is 2.20. The van der Waals surface area contributed by atoms with Gasteiger partial charge in [-0.3, -0.25) is 9.48 Å². The minimum atomic E-state index is -0.0668. The van der Waals surface area contributed by atoms with Gasteiger partial charge in [0.2, 0.25) is 0 Å². The van der Waals surface area contributed by atoms with E-state index in [2.05, 4.69) is 25.3 Å². The first-order valence-electron chi connectivity index (χ1n) is 8.65. The second kappa shape index (κ2) is 7.50. The molecular formula is C17H25N7O. The van der Waals surface area contributed by atoms with E-state index in [0.29, 0.717) is 12.2 Å². The van der Waals surface area contributed by atoms with Crippen molar-refractivity contribution in [2.75, 3.05) is 37.0 Å².